The van der Waals surface area contributed by atoms with Crippen LogP contribution in [0.25, 0.3) is 10.9 Å². The minimum atomic E-state index is -4.64. The van der Waals surface area contributed by atoms with E-state index in [1.807, 2.05) is 0 Å². The van der Waals surface area contributed by atoms with Crippen molar-refractivity contribution in [2.45, 2.75) is 19.1 Å². The highest BCUT2D eigenvalue weighted by molar-refractivity contribution is 9.10. The molecule has 0 fully saturated rings. The average Bonchev–Trinajstić information content (AvgIpc) is 2.82. The zero-order chi connectivity index (χ0) is 19.1. The Balaban J connectivity index is 2.07. The number of halogens is 5. The van der Waals surface area contributed by atoms with Crippen LogP contribution in [0.4, 0.5) is 17.6 Å². The molecule has 0 saturated heterocycles. The Bertz CT molecular complexity index is 995. The van der Waals surface area contributed by atoms with Gasteiger partial charge in [-0.05, 0) is 47.5 Å². The fraction of sp³-hybridized carbons (Fsp3) is 0.167. The van der Waals surface area contributed by atoms with E-state index in [1.54, 1.807) is 29.0 Å². The highest BCUT2D eigenvalue weighted by Gasteiger charge is 2.31. The largest absolute Gasteiger partial charge is 0.481 e. The number of rotatable bonds is 4. The Morgan fingerprint density at radius 3 is 2.54 bits per heavy atom. The third-order valence-electron chi connectivity index (χ3n) is 3.91. The number of alkyl halides is 3. The van der Waals surface area contributed by atoms with Gasteiger partial charge in [-0.25, -0.2) is 4.39 Å². The van der Waals surface area contributed by atoms with Crippen LogP contribution in [0.5, 0.6) is 0 Å². The molecule has 0 spiro atoms. The van der Waals surface area contributed by atoms with E-state index in [9.17, 15) is 22.4 Å². The van der Waals surface area contributed by atoms with Crippen molar-refractivity contribution in [1.82, 2.24) is 4.57 Å². The highest BCUT2D eigenvalue weighted by atomic mass is 79.9. The summed E-state index contributed by atoms with van der Waals surface area (Å²) in [6.07, 6.45) is -3.30. The lowest BCUT2D eigenvalue weighted by atomic mass is 10.1. The molecule has 0 radical (unpaired) electrons. The second-order valence-electron chi connectivity index (χ2n) is 5.86. The molecule has 1 aromatic heterocycles. The van der Waals surface area contributed by atoms with E-state index in [1.165, 1.54) is 0 Å². The van der Waals surface area contributed by atoms with Gasteiger partial charge >= 0.3 is 12.1 Å². The zero-order valence-electron chi connectivity index (χ0n) is 13.1. The topological polar surface area (TPSA) is 42.2 Å². The molecule has 0 unspecified atom stereocenters. The lowest BCUT2D eigenvalue weighted by Crippen LogP contribution is -2.08. The van der Waals surface area contributed by atoms with Crippen molar-refractivity contribution in [3.05, 3.63) is 69.6 Å². The van der Waals surface area contributed by atoms with E-state index in [2.05, 4.69) is 15.9 Å². The maximum atomic E-state index is 13.6. The first-order valence-corrected chi connectivity index (χ1v) is 8.28. The summed E-state index contributed by atoms with van der Waals surface area (Å²) < 4.78 is 54.6. The van der Waals surface area contributed by atoms with Crippen molar-refractivity contribution < 1.29 is 27.5 Å². The molecule has 0 aliphatic rings. The summed E-state index contributed by atoms with van der Waals surface area (Å²) in [5, 5.41) is 9.74. The van der Waals surface area contributed by atoms with Gasteiger partial charge in [0.2, 0.25) is 0 Å². The summed E-state index contributed by atoms with van der Waals surface area (Å²) >= 11 is 3.32. The Morgan fingerprint density at radius 2 is 1.88 bits per heavy atom. The quantitative estimate of drug-likeness (QED) is 0.576. The molecule has 3 aromatic rings. The minimum absolute atomic E-state index is 0.0153. The summed E-state index contributed by atoms with van der Waals surface area (Å²) in [6, 6.07) is 7.60. The highest BCUT2D eigenvalue weighted by Crippen LogP contribution is 2.31. The first-order valence-electron chi connectivity index (χ1n) is 7.49. The van der Waals surface area contributed by atoms with Crippen LogP contribution in [0.2, 0.25) is 0 Å². The Hall–Kier alpha value is -2.35. The number of aromatic nitrogens is 1. The van der Waals surface area contributed by atoms with Gasteiger partial charge in [-0.1, -0.05) is 15.9 Å². The maximum Gasteiger partial charge on any atom is 0.416 e. The SMILES string of the molecule is O=C(O)Cc1cn(Cc2cc(F)cc(C(F)(F)F)c2)c2ccc(Br)cc12. The van der Waals surface area contributed by atoms with E-state index in [0.29, 0.717) is 22.5 Å². The molecule has 0 aliphatic heterocycles. The van der Waals surface area contributed by atoms with Crippen molar-refractivity contribution in [3.8, 4) is 0 Å². The summed E-state index contributed by atoms with van der Waals surface area (Å²) in [4.78, 5) is 11.1. The predicted molar refractivity (Wildman–Crippen MR) is 91.5 cm³/mol. The van der Waals surface area contributed by atoms with Crippen molar-refractivity contribution in [1.29, 1.82) is 0 Å². The molecule has 8 heteroatoms. The van der Waals surface area contributed by atoms with Gasteiger partial charge in [-0.15, -0.1) is 0 Å². The molecule has 0 saturated carbocycles. The predicted octanol–water partition coefficient (Wildman–Crippen LogP) is 5.24. The number of benzene rings is 2. The molecular formula is C18H12BrF4NO2. The fourth-order valence-electron chi connectivity index (χ4n) is 2.88. The van der Waals surface area contributed by atoms with Gasteiger partial charge in [-0.2, -0.15) is 13.2 Å². The van der Waals surface area contributed by atoms with Gasteiger partial charge in [0.05, 0.1) is 12.0 Å². The maximum absolute atomic E-state index is 13.6. The minimum Gasteiger partial charge on any atom is -0.481 e. The van der Waals surface area contributed by atoms with E-state index in [4.69, 9.17) is 5.11 Å². The third kappa shape index (κ3) is 3.90. The van der Waals surface area contributed by atoms with Crippen LogP contribution in [-0.2, 0) is 23.9 Å². The van der Waals surface area contributed by atoms with Gasteiger partial charge in [-0.3, -0.25) is 4.79 Å². The zero-order valence-corrected chi connectivity index (χ0v) is 14.7. The lowest BCUT2D eigenvalue weighted by molar-refractivity contribution is -0.138. The van der Waals surface area contributed by atoms with Crippen LogP contribution < -0.4 is 0 Å². The molecule has 0 bridgehead atoms. The second-order valence-corrected chi connectivity index (χ2v) is 6.78. The van der Waals surface area contributed by atoms with Crippen LogP contribution in [0.15, 0.2) is 47.1 Å². The number of carboxylic acids is 1. The number of carboxylic acid groups (broad SMARTS) is 1. The van der Waals surface area contributed by atoms with Gasteiger partial charge in [0, 0.05) is 28.1 Å². The standard InChI is InChI=1S/C18H12BrF4NO2/c19-13-1-2-16-15(7-13)11(5-17(25)26)9-24(16)8-10-3-12(18(21,22)23)6-14(20)4-10/h1-4,6-7,9H,5,8H2,(H,25,26). The molecular weight excluding hydrogens is 418 g/mol. The summed E-state index contributed by atoms with van der Waals surface area (Å²) in [5.41, 5.74) is 0.264. The summed E-state index contributed by atoms with van der Waals surface area (Å²) in [5.74, 6) is -1.99. The molecule has 2 aromatic carbocycles. The first-order chi connectivity index (χ1) is 12.1. The molecule has 1 N–H and O–H groups in total. The number of aliphatic carboxylic acids is 1. The number of hydrogen-bond donors (Lipinski definition) is 1. The third-order valence-corrected chi connectivity index (χ3v) is 4.40. The number of nitrogens with zero attached hydrogens (tertiary/aromatic N) is 1. The number of carbonyl (C=O) groups is 1. The first kappa shape index (κ1) is 18.4. The van der Waals surface area contributed by atoms with E-state index in [-0.39, 0.29) is 18.5 Å². The summed E-state index contributed by atoms with van der Waals surface area (Å²) in [7, 11) is 0. The van der Waals surface area contributed by atoms with Gasteiger partial charge in [0.15, 0.2) is 0 Å². The molecule has 0 atom stereocenters. The van der Waals surface area contributed by atoms with E-state index in [0.717, 1.165) is 16.6 Å². The second kappa shape index (κ2) is 6.75. The molecule has 26 heavy (non-hydrogen) atoms. The van der Waals surface area contributed by atoms with Crippen molar-refractivity contribution in [2.24, 2.45) is 0 Å². The van der Waals surface area contributed by atoms with Gasteiger partial charge in [0.1, 0.15) is 5.82 Å². The Morgan fingerprint density at radius 1 is 1.15 bits per heavy atom. The molecule has 3 rings (SSSR count). The Labute approximate surface area is 154 Å². The number of hydrogen-bond acceptors (Lipinski definition) is 1. The van der Waals surface area contributed by atoms with Gasteiger partial charge in [0.25, 0.3) is 0 Å². The van der Waals surface area contributed by atoms with Crippen molar-refractivity contribution in [2.75, 3.05) is 0 Å². The Kier molecular flexibility index (Phi) is 4.79. The van der Waals surface area contributed by atoms with Crippen LogP contribution in [0.3, 0.4) is 0 Å². The number of fused-ring (bicyclic) bond motifs is 1. The van der Waals surface area contributed by atoms with Gasteiger partial charge < -0.3 is 9.67 Å². The molecule has 0 aliphatic carbocycles. The van der Waals surface area contributed by atoms with Crippen LogP contribution >= 0.6 is 15.9 Å². The normalized spacial score (nSPS) is 11.9. The monoisotopic (exact) mass is 429 g/mol. The summed E-state index contributed by atoms with van der Waals surface area (Å²) in [6.45, 7) is -0.0153. The van der Waals surface area contributed by atoms with Crippen molar-refractivity contribution >= 4 is 32.8 Å². The molecule has 1 heterocycles. The van der Waals surface area contributed by atoms with E-state index < -0.39 is 23.5 Å². The smallest absolute Gasteiger partial charge is 0.416 e. The van der Waals surface area contributed by atoms with Crippen LogP contribution in [0.1, 0.15) is 16.7 Å². The average molecular weight is 430 g/mol. The van der Waals surface area contributed by atoms with Crippen molar-refractivity contribution in [3.63, 3.8) is 0 Å². The molecule has 136 valence electrons. The lowest BCUT2D eigenvalue weighted by Gasteiger charge is -2.11. The molecule has 3 nitrogen and oxygen atoms in total. The van der Waals surface area contributed by atoms with Crippen LogP contribution in [-0.4, -0.2) is 15.6 Å². The fourth-order valence-corrected chi connectivity index (χ4v) is 3.24. The van der Waals surface area contributed by atoms with E-state index >= 15 is 0 Å². The van der Waals surface area contributed by atoms with Crippen LogP contribution in [0, 0.1) is 5.82 Å². The molecule has 0 amide bonds.